The molecule has 0 aliphatic carbocycles. The molecule has 1 fully saturated rings. The Morgan fingerprint density at radius 3 is 2.50 bits per heavy atom. The van der Waals surface area contributed by atoms with Gasteiger partial charge in [-0.3, -0.25) is 14.5 Å². The smallest absolute Gasteiger partial charge is 0.308 e. The summed E-state index contributed by atoms with van der Waals surface area (Å²) in [6, 6.07) is 9.44. The molecule has 5 nitrogen and oxygen atoms in total. The predicted octanol–water partition coefficient (Wildman–Crippen LogP) is 1.30. The fourth-order valence-electron chi connectivity index (χ4n) is 2.61. The third-order valence-electron chi connectivity index (χ3n) is 3.88. The lowest BCUT2D eigenvalue weighted by molar-refractivity contribution is -0.142. The van der Waals surface area contributed by atoms with Crippen LogP contribution in [0.5, 0.6) is 0 Å². The van der Waals surface area contributed by atoms with Gasteiger partial charge in [-0.1, -0.05) is 25.1 Å². The largest absolute Gasteiger partial charge is 0.481 e. The Labute approximate surface area is 118 Å². The summed E-state index contributed by atoms with van der Waals surface area (Å²) >= 11 is 0. The zero-order valence-corrected chi connectivity index (χ0v) is 11.8. The molecule has 1 N–H and O–H groups in total. The predicted molar refractivity (Wildman–Crippen MR) is 76.6 cm³/mol. The van der Waals surface area contributed by atoms with Crippen molar-refractivity contribution < 1.29 is 14.7 Å². The molecular weight excluding hydrogens is 256 g/mol. The number of hydrogen-bond donors (Lipinski definition) is 1. The minimum Gasteiger partial charge on any atom is -0.481 e. The van der Waals surface area contributed by atoms with Crippen LogP contribution in [-0.4, -0.2) is 48.6 Å². The molecule has 0 spiro atoms. The summed E-state index contributed by atoms with van der Waals surface area (Å²) in [5.74, 6) is -1.08. The zero-order chi connectivity index (χ0) is 14.7. The molecule has 20 heavy (non-hydrogen) atoms. The molecule has 1 heterocycles. The van der Waals surface area contributed by atoms with Crippen molar-refractivity contribution in [1.82, 2.24) is 4.90 Å². The highest BCUT2D eigenvalue weighted by Crippen LogP contribution is 2.23. The fraction of sp³-hybridized carbons (Fsp3) is 0.467. The van der Waals surface area contributed by atoms with Crippen LogP contribution in [0.15, 0.2) is 30.3 Å². The van der Waals surface area contributed by atoms with Crippen LogP contribution in [0.25, 0.3) is 0 Å². The van der Waals surface area contributed by atoms with E-state index in [9.17, 15) is 9.59 Å². The Kier molecular flexibility index (Phi) is 4.39. The Bertz CT molecular complexity index is 489. The van der Waals surface area contributed by atoms with Crippen molar-refractivity contribution in [2.45, 2.75) is 6.92 Å². The molecule has 1 amide bonds. The first kappa shape index (κ1) is 14.5. The molecule has 1 aliphatic heterocycles. The molecule has 108 valence electrons. The van der Waals surface area contributed by atoms with E-state index >= 15 is 0 Å². The maximum atomic E-state index is 12.2. The van der Waals surface area contributed by atoms with Crippen molar-refractivity contribution in [2.24, 2.45) is 11.8 Å². The molecule has 1 aromatic rings. The van der Waals surface area contributed by atoms with Gasteiger partial charge in [0.2, 0.25) is 5.91 Å². The van der Waals surface area contributed by atoms with Crippen molar-refractivity contribution in [3.05, 3.63) is 30.3 Å². The lowest BCUT2D eigenvalue weighted by Crippen LogP contribution is -2.37. The summed E-state index contributed by atoms with van der Waals surface area (Å²) in [5, 5.41) is 9.10. The number of likely N-dealkylation sites (N-methyl/N-ethyl adjacent to an activating group) is 1. The molecule has 0 saturated carbocycles. The Morgan fingerprint density at radius 1 is 1.30 bits per heavy atom. The summed E-state index contributed by atoms with van der Waals surface area (Å²) in [6.45, 7) is 3.29. The Hall–Kier alpha value is -1.88. The highest BCUT2D eigenvalue weighted by molar-refractivity contribution is 5.94. The Morgan fingerprint density at radius 2 is 1.95 bits per heavy atom. The summed E-state index contributed by atoms with van der Waals surface area (Å²) < 4.78 is 0. The second-order valence-corrected chi connectivity index (χ2v) is 5.40. The van der Waals surface area contributed by atoms with E-state index in [4.69, 9.17) is 5.11 Å². The molecule has 0 aromatic heterocycles. The standard InChI is InChI=1S/C15H20N2O3/c1-11-8-17(9-13(11)15(19)20)10-14(18)16(2)12-6-4-3-5-7-12/h3-7,11,13H,8-10H2,1-2H3,(H,19,20). The molecule has 0 bridgehead atoms. The Balaban J connectivity index is 1.94. The van der Waals surface area contributed by atoms with Gasteiger partial charge < -0.3 is 10.0 Å². The molecule has 2 atom stereocenters. The second-order valence-electron chi connectivity index (χ2n) is 5.40. The number of benzene rings is 1. The van der Waals surface area contributed by atoms with Crippen LogP contribution in [0.2, 0.25) is 0 Å². The molecule has 2 unspecified atom stereocenters. The van der Waals surface area contributed by atoms with Gasteiger partial charge in [0, 0.05) is 25.8 Å². The number of carbonyl (C=O) groups is 2. The van der Waals surface area contributed by atoms with E-state index in [0.29, 0.717) is 13.1 Å². The average Bonchev–Trinajstić information content (AvgIpc) is 2.79. The van der Waals surface area contributed by atoms with E-state index in [1.54, 1.807) is 11.9 Å². The van der Waals surface area contributed by atoms with E-state index in [0.717, 1.165) is 5.69 Å². The molecule has 1 aromatic carbocycles. The van der Waals surface area contributed by atoms with Crippen LogP contribution in [0.3, 0.4) is 0 Å². The van der Waals surface area contributed by atoms with Crippen LogP contribution in [-0.2, 0) is 9.59 Å². The van der Waals surface area contributed by atoms with Gasteiger partial charge in [0.05, 0.1) is 12.5 Å². The molecular formula is C15H20N2O3. The van der Waals surface area contributed by atoms with E-state index in [-0.39, 0.29) is 24.3 Å². The van der Waals surface area contributed by atoms with E-state index in [1.807, 2.05) is 42.2 Å². The quantitative estimate of drug-likeness (QED) is 0.900. The minimum absolute atomic E-state index is 0.0190. The fourth-order valence-corrected chi connectivity index (χ4v) is 2.61. The van der Waals surface area contributed by atoms with Crippen LogP contribution in [0.4, 0.5) is 5.69 Å². The first-order valence-corrected chi connectivity index (χ1v) is 6.76. The van der Waals surface area contributed by atoms with Crippen LogP contribution in [0, 0.1) is 11.8 Å². The summed E-state index contributed by atoms with van der Waals surface area (Å²) in [4.78, 5) is 26.8. The average molecular weight is 276 g/mol. The maximum Gasteiger partial charge on any atom is 0.308 e. The number of nitrogens with zero attached hydrogens (tertiary/aromatic N) is 2. The van der Waals surface area contributed by atoms with Crippen molar-refractivity contribution in [1.29, 1.82) is 0 Å². The zero-order valence-electron chi connectivity index (χ0n) is 11.8. The van der Waals surface area contributed by atoms with Crippen molar-refractivity contribution in [2.75, 3.05) is 31.6 Å². The minimum atomic E-state index is -0.774. The molecule has 2 rings (SSSR count). The van der Waals surface area contributed by atoms with E-state index < -0.39 is 5.97 Å². The molecule has 5 heteroatoms. The van der Waals surface area contributed by atoms with Crippen molar-refractivity contribution >= 4 is 17.6 Å². The highest BCUT2D eigenvalue weighted by Gasteiger charge is 2.35. The van der Waals surface area contributed by atoms with Gasteiger partial charge in [-0.15, -0.1) is 0 Å². The van der Waals surface area contributed by atoms with Gasteiger partial charge in [-0.05, 0) is 18.1 Å². The molecule has 1 aliphatic rings. The lowest BCUT2D eigenvalue weighted by atomic mass is 9.99. The van der Waals surface area contributed by atoms with E-state index in [2.05, 4.69) is 0 Å². The third kappa shape index (κ3) is 3.17. The van der Waals surface area contributed by atoms with Gasteiger partial charge in [-0.2, -0.15) is 0 Å². The number of amides is 1. The number of carboxylic acids is 1. The number of para-hydroxylation sites is 1. The summed E-state index contributed by atoms with van der Waals surface area (Å²) in [5.41, 5.74) is 0.847. The third-order valence-corrected chi connectivity index (χ3v) is 3.88. The monoisotopic (exact) mass is 276 g/mol. The van der Waals surface area contributed by atoms with Crippen LogP contribution < -0.4 is 4.90 Å². The number of likely N-dealkylation sites (tertiary alicyclic amines) is 1. The topological polar surface area (TPSA) is 60.9 Å². The summed E-state index contributed by atoms with van der Waals surface area (Å²) in [6.07, 6.45) is 0. The SMILES string of the molecule is CC1CN(CC(=O)N(C)c2ccccc2)CC1C(=O)O. The summed E-state index contributed by atoms with van der Waals surface area (Å²) in [7, 11) is 1.74. The number of carboxylic acid groups (broad SMARTS) is 1. The van der Waals surface area contributed by atoms with Crippen molar-refractivity contribution in [3.8, 4) is 0 Å². The number of hydrogen-bond acceptors (Lipinski definition) is 3. The van der Waals surface area contributed by atoms with E-state index in [1.165, 1.54) is 0 Å². The highest BCUT2D eigenvalue weighted by atomic mass is 16.4. The number of rotatable bonds is 4. The van der Waals surface area contributed by atoms with Gasteiger partial charge in [0.1, 0.15) is 0 Å². The first-order valence-electron chi connectivity index (χ1n) is 6.76. The molecule has 1 saturated heterocycles. The number of anilines is 1. The normalized spacial score (nSPS) is 22.7. The number of aliphatic carboxylic acids is 1. The molecule has 0 radical (unpaired) electrons. The van der Waals surface area contributed by atoms with Crippen molar-refractivity contribution in [3.63, 3.8) is 0 Å². The van der Waals surface area contributed by atoms with Gasteiger partial charge >= 0.3 is 5.97 Å². The van der Waals surface area contributed by atoms with Gasteiger partial charge in [0.15, 0.2) is 0 Å². The number of carbonyl (C=O) groups excluding carboxylic acids is 1. The van der Waals surface area contributed by atoms with Crippen LogP contribution in [0.1, 0.15) is 6.92 Å². The second kappa shape index (κ2) is 6.05. The van der Waals surface area contributed by atoms with Gasteiger partial charge in [-0.25, -0.2) is 0 Å². The first-order chi connectivity index (χ1) is 9.49. The van der Waals surface area contributed by atoms with Gasteiger partial charge in [0.25, 0.3) is 0 Å². The lowest BCUT2D eigenvalue weighted by Gasteiger charge is -2.21. The maximum absolute atomic E-state index is 12.2. The van der Waals surface area contributed by atoms with Crippen LogP contribution >= 0.6 is 0 Å².